The summed E-state index contributed by atoms with van der Waals surface area (Å²) in [7, 11) is 0. The van der Waals surface area contributed by atoms with Gasteiger partial charge in [0.1, 0.15) is 0 Å². The van der Waals surface area contributed by atoms with Gasteiger partial charge in [-0.1, -0.05) is 6.92 Å². The molecule has 0 aliphatic heterocycles. The molecule has 96 valence electrons. The standard InChI is InChI=1S/C13H18N4O/c1-3-7-18-12-5-4-6-14-13(12)17-10(2)11-8-15-16-9-11/h4-6,8-10H,3,7H2,1-2H3,(H,14,17)(H,15,16). The van der Waals surface area contributed by atoms with Crippen molar-refractivity contribution in [3.63, 3.8) is 0 Å². The third-order valence-corrected chi connectivity index (χ3v) is 2.60. The molecule has 0 amide bonds. The van der Waals surface area contributed by atoms with Gasteiger partial charge in [0.2, 0.25) is 0 Å². The lowest BCUT2D eigenvalue weighted by molar-refractivity contribution is 0.317. The lowest BCUT2D eigenvalue weighted by Gasteiger charge is -2.16. The summed E-state index contributed by atoms with van der Waals surface area (Å²) in [6, 6.07) is 3.92. The Morgan fingerprint density at radius 3 is 3.11 bits per heavy atom. The van der Waals surface area contributed by atoms with E-state index in [1.165, 1.54) is 0 Å². The van der Waals surface area contributed by atoms with Crippen LogP contribution in [0.15, 0.2) is 30.7 Å². The Hall–Kier alpha value is -2.04. The van der Waals surface area contributed by atoms with Crippen molar-refractivity contribution >= 4 is 5.82 Å². The highest BCUT2D eigenvalue weighted by atomic mass is 16.5. The molecule has 0 aliphatic rings. The Morgan fingerprint density at radius 2 is 2.39 bits per heavy atom. The van der Waals surface area contributed by atoms with Crippen LogP contribution in [0.4, 0.5) is 5.82 Å². The number of hydrogen-bond donors (Lipinski definition) is 2. The number of aromatic amines is 1. The van der Waals surface area contributed by atoms with Gasteiger partial charge in [-0.15, -0.1) is 0 Å². The average molecular weight is 246 g/mol. The second-order valence-electron chi connectivity index (χ2n) is 4.10. The quantitative estimate of drug-likeness (QED) is 0.822. The molecule has 5 heteroatoms. The Labute approximate surface area is 107 Å². The number of pyridine rings is 1. The Balaban J connectivity index is 2.08. The summed E-state index contributed by atoms with van der Waals surface area (Å²) >= 11 is 0. The third-order valence-electron chi connectivity index (χ3n) is 2.60. The largest absolute Gasteiger partial charge is 0.490 e. The minimum Gasteiger partial charge on any atom is -0.490 e. The number of nitrogens with zero attached hydrogens (tertiary/aromatic N) is 2. The van der Waals surface area contributed by atoms with E-state index in [0.29, 0.717) is 6.61 Å². The van der Waals surface area contributed by atoms with Crippen LogP contribution in [-0.4, -0.2) is 21.8 Å². The van der Waals surface area contributed by atoms with Gasteiger partial charge < -0.3 is 10.1 Å². The first-order valence-electron chi connectivity index (χ1n) is 6.14. The molecular weight excluding hydrogens is 228 g/mol. The topological polar surface area (TPSA) is 62.8 Å². The molecule has 0 fully saturated rings. The zero-order chi connectivity index (χ0) is 12.8. The van der Waals surface area contributed by atoms with Gasteiger partial charge in [-0.25, -0.2) is 4.98 Å². The lowest BCUT2D eigenvalue weighted by atomic mass is 10.2. The summed E-state index contributed by atoms with van der Waals surface area (Å²) in [6.45, 7) is 4.83. The first kappa shape index (κ1) is 12.4. The van der Waals surface area contributed by atoms with Crippen LogP contribution in [0.5, 0.6) is 5.75 Å². The smallest absolute Gasteiger partial charge is 0.169 e. The minimum absolute atomic E-state index is 0.127. The highest BCUT2D eigenvalue weighted by Crippen LogP contribution is 2.25. The molecule has 2 N–H and O–H groups in total. The van der Waals surface area contributed by atoms with Crippen LogP contribution in [0.1, 0.15) is 31.9 Å². The van der Waals surface area contributed by atoms with Gasteiger partial charge in [-0.3, -0.25) is 5.10 Å². The van der Waals surface area contributed by atoms with Crippen molar-refractivity contribution in [3.05, 3.63) is 36.3 Å². The molecule has 0 spiro atoms. The van der Waals surface area contributed by atoms with Crippen molar-refractivity contribution < 1.29 is 4.74 Å². The van der Waals surface area contributed by atoms with E-state index < -0.39 is 0 Å². The predicted molar refractivity (Wildman–Crippen MR) is 70.6 cm³/mol. The minimum atomic E-state index is 0.127. The Kier molecular flexibility index (Phi) is 4.17. The Morgan fingerprint density at radius 1 is 1.50 bits per heavy atom. The summed E-state index contributed by atoms with van der Waals surface area (Å²) in [6.07, 6.45) is 6.40. The van der Waals surface area contributed by atoms with Gasteiger partial charge >= 0.3 is 0 Å². The molecule has 18 heavy (non-hydrogen) atoms. The zero-order valence-electron chi connectivity index (χ0n) is 10.7. The van der Waals surface area contributed by atoms with Crippen LogP contribution in [0, 0.1) is 0 Å². The zero-order valence-corrected chi connectivity index (χ0v) is 10.7. The van der Waals surface area contributed by atoms with Crippen LogP contribution in [0.3, 0.4) is 0 Å². The number of ether oxygens (including phenoxy) is 1. The SMILES string of the molecule is CCCOc1cccnc1NC(C)c1cn[nH]c1. The van der Waals surface area contributed by atoms with E-state index >= 15 is 0 Å². The molecular formula is C13H18N4O. The van der Waals surface area contributed by atoms with E-state index in [4.69, 9.17) is 4.74 Å². The average Bonchev–Trinajstić information content (AvgIpc) is 2.91. The van der Waals surface area contributed by atoms with Gasteiger partial charge in [0.05, 0.1) is 18.8 Å². The van der Waals surface area contributed by atoms with Gasteiger partial charge in [-0.2, -0.15) is 5.10 Å². The molecule has 1 unspecified atom stereocenters. The van der Waals surface area contributed by atoms with Crippen LogP contribution < -0.4 is 10.1 Å². The molecule has 0 radical (unpaired) electrons. The van der Waals surface area contributed by atoms with Crippen LogP contribution >= 0.6 is 0 Å². The third kappa shape index (κ3) is 3.00. The van der Waals surface area contributed by atoms with Crippen molar-refractivity contribution in [2.45, 2.75) is 26.3 Å². The van der Waals surface area contributed by atoms with Gasteiger partial charge in [0.25, 0.3) is 0 Å². The molecule has 5 nitrogen and oxygen atoms in total. The predicted octanol–water partition coefficient (Wildman–Crippen LogP) is 2.77. The molecule has 0 saturated carbocycles. The fourth-order valence-electron chi connectivity index (χ4n) is 1.61. The molecule has 0 aliphatic carbocycles. The van der Waals surface area contributed by atoms with Crippen molar-refractivity contribution in [1.29, 1.82) is 0 Å². The molecule has 0 aromatic carbocycles. The second kappa shape index (κ2) is 6.05. The van der Waals surface area contributed by atoms with E-state index in [0.717, 1.165) is 23.6 Å². The molecule has 1 atom stereocenters. The van der Waals surface area contributed by atoms with Crippen molar-refractivity contribution in [1.82, 2.24) is 15.2 Å². The molecule has 2 aromatic heterocycles. The van der Waals surface area contributed by atoms with E-state index in [9.17, 15) is 0 Å². The number of nitrogens with one attached hydrogen (secondary N) is 2. The van der Waals surface area contributed by atoms with Gasteiger partial charge in [0.15, 0.2) is 11.6 Å². The van der Waals surface area contributed by atoms with Crippen molar-refractivity contribution in [2.24, 2.45) is 0 Å². The van der Waals surface area contributed by atoms with E-state index in [1.807, 2.05) is 18.3 Å². The molecule has 2 aromatic rings. The normalized spacial score (nSPS) is 12.1. The maximum atomic E-state index is 5.66. The van der Waals surface area contributed by atoms with Crippen molar-refractivity contribution in [2.75, 3.05) is 11.9 Å². The summed E-state index contributed by atoms with van der Waals surface area (Å²) < 4.78 is 5.66. The van der Waals surface area contributed by atoms with Crippen LogP contribution in [0.25, 0.3) is 0 Å². The summed E-state index contributed by atoms with van der Waals surface area (Å²) in [5.74, 6) is 1.55. The molecule has 0 saturated heterocycles. The summed E-state index contributed by atoms with van der Waals surface area (Å²) in [5, 5.41) is 10.1. The first-order valence-corrected chi connectivity index (χ1v) is 6.14. The van der Waals surface area contributed by atoms with Crippen LogP contribution in [0.2, 0.25) is 0 Å². The van der Waals surface area contributed by atoms with E-state index in [-0.39, 0.29) is 6.04 Å². The maximum absolute atomic E-state index is 5.66. The number of anilines is 1. The molecule has 2 rings (SSSR count). The number of hydrogen-bond acceptors (Lipinski definition) is 4. The second-order valence-corrected chi connectivity index (χ2v) is 4.10. The highest BCUT2D eigenvalue weighted by Gasteiger charge is 2.10. The highest BCUT2D eigenvalue weighted by molar-refractivity contribution is 5.50. The monoisotopic (exact) mass is 246 g/mol. The van der Waals surface area contributed by atoms with E-state index in [1.54, 1.807) is 12.4 Å². The number of aromatic nitrogens is 3. The number of H-pyrrole nitrogens is 1. The van der Waals surface area contributed by atoms with Crippen LogP contribution in [-0.2, 0) is 0 Å². The summed E-state index contributed by atoms with van der Waals surface area (Å²) in [4.78, 5) is 4.31. The molecule has 0 bridgehead atoms. The van der Waals surface area contributed by atoms with Crippen molar-refractivity contribution in [3.8, 4) is 5.75 Å². The number of rotatable bonds is 6. The fraction of sp³-hybridized carbons (Fsp3) is 0.385. The maximum Gasteiger partial charge on any atom is 0.169 e. The van der Waals surface area contributed by atoms with E-state index in [2.05, 4.69) is 34.3 Å². The van der Waals surface area contributed by atoms with Gasteiger partial charge in [0, 0.05) is 18.0 Å². The lowest BCUT2D eigenvalue weighted by Crippen LogP contribution is -2.09. The summed E-state index contributed by atoms with van der Waals surface area (Å²) in [5.41, 5.74) is 1.09. The first-order chi connectivity index (χ1) is 8.81. The fourth-order valence-corrected chi connectivity index (χ4v) is 1.61. The Bertz CT molecular complexity index is 470. The molecule has 2 heterocycles. The van der Waals surface area contributed by atoms with Gasteiger partial charge in [-0.05, 0) is 25.5 Å².